The zero-order valence-corrected chi connectivity index (χ0v) is 25.8. The molecule has 8 heteroatoms. The Morgan fingerprint density at radius 2 is 1.60 bits per heavy atom. The van der Waals surface area contributed by atoms with Crippen LogP contribution in [0.5, 0.6) is 5.75 Å². The molecule has 0 spiro atoms. The fourth-order valence-corrected chi connectivity index (χ4v) is 6.60. The third kappa shape index (κ3) is 6.08. The molecule has 0 atom stereocenters. The van der Waals surface area contributed by atoms with Crippen LogP contribution in [0, 0.1) is 0 Å². The quantitative estimate of drug-likeness (QED) is 0.240. The highest BCUT2D eigenvalue weighted by atomic mass is 32.1. The first-order chi connectivity index (χ1) is 20.8. The maximum absolute atomic E-state index is 13.5. The number of ether oxygens (including phenoxy) is 1. The minimum atomic E-state index is -0.107. The van der Waals surface area contributed by atoms with Crippen LogP contribution >= 0.6 is 11.3 Å². The molecule has 222 valence electrons. The van der Waals surface area contributed by atoms with E-state index >= 15 is 0 Å². The Morgan fingerprint density at radius 3 is 2.23 bits per heavy atom. The SMILES string of the molecule is CCC(C)(C)c1ccc2c(c1)N(Cc1nc(C(=O)N3CCN(C(c4ccccc4)c4ccccc4)CC3)cs1)C(=O)CO2. The Morgan fingerprint density at radius 1 is 0.953 bits per heavy atom. The van der Waals surface area contributed by atoms with Gasteiger partial charge >= 0.3 is 0 Å². The van der Waals surface area contributed by atoms with Crippen molar-refractivity contribution in [1.82, 2.24) is 14.8 Å². The van der Waals surface area contributed by atoms with Gasteiger partial charge in [0.15, 0.2) is 6.61 Å². The largest absolute Gasteiger partial charge is 0.482 e. The van der Waals surface area contributed by atoms with E-state index in [1.165, 1.54) is 22.5 Å². The average molecular weight is 595 g/mol. The van der Waals surface area contributed by atoms with Gasteiger partial charge in [0.05, 0.1) is 18.3 Å². The van der Waals surface area contributed by atoms with Gasteiger partial charge in [0.25, 0.3) is 11.8 Å². The third-order valence-corrected chi connectivity index (χ3v) is 9.66. The molecule has 2 aliphatic rings. The standard InChI is InChI=1S/C35H38N4O3S/c1-4-35(2,3)27-15-16-30-29(21-27)39(32(40)23-42-30)22-31-36-28(24-43-31)34(41)38-19-17-37(18-20-38)33(25-11-7-5-8-12-25)26-13-9-6-10-14-26/h5-16,21,24,33H,4,17-20,22-23H2,1-3H3. The lowest BCUT2D eigenvalue weighted by atomic mass is 9.82. The number of anilines is 1. The van der Waals surface area contributed by atoms with E-state index in [1.807, 2.05) is 28.5 Å². The van der Waals surface area contributed by atoms with Crippen LogP contribution in [0.25, 0.3) is 0 Å². The number of piperazine rings is 1. The molecule has 4 aromatic rings. The summed E-state index contributed by atoms with van der Waals surface area (Å²) < 4.78 is 5.74. The number of benzene rings is 3. The van der Waals surface area contributed by atoms with Crippen molar-refractivity contribution in [2.45, 2.75) is 45.2 Å². The van der Waals surface area contributed by atoms with E-state index in [1.54, 1.807) is 4.90 Å². The summed E-state index contributed by atoms with van der Waals surface area (Å²) in [5.74, 6) is 0.536. The summed E-state index contributed by atoms with van der Waals surface area (Å²) in [5, 5.41) is 2.56. The molecule has 6 rings (SSSR count). The number of rotatable bonds is 8. The molecule has 1 fully saturated rings. The summed E-state index contributed by atoms with van der Waals surface area (Å²) in [6.45, 7) is 9.68. The molecule has 0 saturated carbocycles. The number of fused-ring (bicyclic) bond motifs is 1. The van der Waals surface area contributed by atoms with E-state index in [9.17, 15) is 9.59 Å². The second kappa shape index (κ2) is 12.3. The van der Waals surface area contributed by atoms with Gasteiger partial charge in [-0.3, -0.25) is 19.4 Å². The maximum atomic E-state index is 13.5. The number of amides is 2. The molecule has 0 radical (unpaired) electrons. The van der Waals surface area contributed by atoms with Gasteiger partial charge in [-0.25, -0.2) is 4.98 Å². The van der Waals surface area contributed by atoms with Gasteiger partial charge in [-0.15, -0.1) is 11.3 Å². The highest BCUT2D eigenvalue weighted by molar-refractivity contribution is 7.09. The van der Waals surface area contributed by atoms with Gasteiger partial charge in [-0.2, -0.15) is 0 Å². The maximum Gasteiger partial charge on any atom is 0.273 e. The molecule has 3 aromatic carbocycles. The fraction of sp³-hybridized carbons (Fsp3) is 0.343. The molecule has 0 aliphatic carbocycles. The average Bonchev–Trinajstić information content (AvgIpc) is 3.52. The van der Waals surface area contributed by atoms with Crippen LogP contribution in [0.3, 0.4) is 0 Å². The van der Waals surface area contributed by atoms with Crippen LogP contribution in [0.15, 0.2) is 84.2 Å². The zero-order chi connectivity index (χ0) is 30.0. The van der Waals surface area contributed by atoms with Crippen molar-refractivity contribution >= 4 is 28.8 Å². The second-order valence-electron chi connectivity index (χ2n) is 11.9. The lowest BCUT2D eigenvalue weighted by Gasteiger charge is -2.39. The Bertz CT molecular complexity index is 1540. The van der Waals surface area contributed by atoms with E-state index in [4.69, 9.17) is 9.72 Å². The van der Waals surface area contributed by atoms with E-state index in [0.717, 1.165) is 35.8 Å². The van der Waals surface area contributed by atoms with Crippen molar-refractivity contribution in [3.8, 4) is 5.75 Å². The smallest absolute Gasteiger partial charge is 0.273 e. The molecule has 0 bridgehead atoms. The number of aromatic nitrogens is 1. The highest BCUT2D eigenvalue weighted by Crippen LogP contribution is 2.38. The Hall–Kier alpha value is -4.01. The van der Waals surface area contributed by atoms with Crippen molar-refractivity contribution in [3.05, 3.63) is 112 Å². The normalized spacial score (nSPS) is 15.9. The predicted octanol–water partition coefficient (Wildman–Crippen LogP) is 6.30. The summed E-state index contributed by atoms with van der Waals surface area (Å²) in [7, 11) is 0. The minimum Gasteiger partial charge on any atom is -0.482 e. The third-order valence-electron chi connectivity index (χ3n) is 8.83. The Labute approximate surface area is 257 Å². The molecule has 3 heterocycles. The van der Waals surface area contributed by atoms with Crippen molar-refractivity contribution in [2.24, 2.45) is 0 Å². The van der Waals surface area contributed by atoms with Gasteiger partial charge in [0, 0.05) is 31.6 Å². The second-order valence-corrected chi connectivity index (χ2v) is 12.8. The first kappa shape index (κ1) is 29.1. The first-order valence-electron chi connectivity index (χ1n) is 15.0. The topological polar surface area (TPSA) is 66.0 Å². The fourth-order valence-electron chi connectivity index (χ4n) is 5.85. The van der Waals surface area contributed by atoms with Gasteiger partial charge in [-0.1, -0.05) is 87.5 Å². The molecule has 1 saturated heterocycles. The van der Waals surface area contributed by atoms with Gasteiger partial charge < -0.3 is 9.64 Å². The van der Waals surface area contributed by atoms with Crippen molar-refractivity contribution in [3.63, 3.8) is 0 Å². The number of nitrogens with zero attached hydrogens (tertiary/aromatic N) is 4. The van der Waals surface area contributed by atoms with E-state index < -0.39 is 0 Å². The van der Waals surface area contributed by atoms with Crippen LogP contribution < -0.4 is 9.64 Å². The monoisotopic (exact) mass is 594 g/mol. The molecule has 0 N–H and O–H groups in total. The molecule has 0 unspecified atom stereocenters. The molecule has 1 aromatic heterocycles. The molecule has 43 heavy (non-hydrogen) atoms. The number of thiazole rings is 1. The number of carbonyl (C=O) groups excluding carboxylic acids is 2. The first-order valence-corrected chi connectivity index (χ1v) is 15.9. The summed E-state index contributed by atoms with van der Waals surface area (Å²) in [5.41, 5.74) is 4.85. The lowest BCUT2D eigenvalue weighted by Crippen LogP contribution is -2.50. The number of hydrogen-bond acceptors (Lipinski definition) is 6. The van der Waals surface area contributed by atoms with Crippen LogP contribution in [-0.2, 0) is 16.8 Å². The van der Waals surface area contributed by atoms with Crippen LogP contribution in [0.2, 0.25) is 0 Å². The summed E-state index contributed by atoms with van der Waals surface area (Å²) in [6, 6.07) is 27.4. The molecular formula is C35H38N4O3S. The zero-order valence-electron chi connectivity index (χ0n) is 25.0. The van der Waals surface area contributed by atoms with Gasteiger partial charge in [0.1, 0.15) is 16.5 Å². The minimum absolute atomic E-state index is 0.00207. The molecular weight excluding hydrogens is 556 g/mol. The Balaban J connectivity index is 1.14. The summed E-state index contributed by atoms with van der Waals surface area (Å²) in [6.07, 6.45) is 0.978. The molecule has 2 amide bonds. The highest BCUT2D eigenvalue weighted by Gasteiger charge is 2.31. The molecule has 2 aliphatic heterocycles. The lowest BCUT2D eigenvalue weighted by molar-refractivity contribution is -0.121. The van der Waals surface area contributed by atoms with Crippen LogP contribution in [-0.4, -0.2) is 59.4 Å². The molecule has 7 nitrogen and oxygen atoms in total. The van der Waals surface area contributed by atoms with Crippen molar-refractivity contribution < 1.29 is 14.3 Å². The summed E-state index contributed by atoms with van der Waals surface area (Å²) >= 11 is 1.42. The number of hydrogen-bond donors (Lipinski definition) is 0. The van der Waals surface area contributed by atoms with E-state index in [2.05, 4.69) is 86.3 Å². The van der Waals surface area contributed by atoms with E-state index in [-0.39, 0.29) is 29.9 Å². The van der Waals surface area contributed by atoms with Gasteiger partial charge in [0.2, 0.25) is 0 Å². The van der Waals surface area contributed by atoms with Crippen molar-refractivity contribution in [1.29, 1.82) is 0 Å². The number of carbonyl (C=O) groups is 2. The summed E-state index contributed by atoms with van der Waals surface area (Å²) in [4.78, 5) is 37.3. The predicted molar refractivity (Wildman–Crippen MR) is 171 cm³/mol. The Kier molecular flexibility index (Phi) is 8.32. The van der Waals surface area contributed by atoms with Gasteiger partial charge in [-0.05, 0) is 40.7 Å². The van der Waals surface area contributed by atoms with Crippen LogP contribution in [0.4, 0.5) is 5.69 Å². The van der Waals surface area contributed by atoms with E-state index in [0.29, 0.717) is 31.1 Å². The van der Waals surface area contributed by atoms with Crippen molar-refractivity contribution in [2.75, 3.05) is 37.7 Å². The van der Waals surface area contributed by atoms with Crippen LogP contribution in [0.1, 0.15) is 65.4 Å².